The molecule has 0 saturated heterocycles. The van der Waals surface area contributed by atoms with Gasteiger partial charge in [-0.25, -0.2) is 0 Å². The average molecular weight is 374 g/mol. The number of nitrogens with zero attached hydrogens (tertiary/aromatic N) is 4. The summed E-state index contributed by atoms with van der Waals surface area (Å²) < 4.78 is 1.65. The van der Waals surface area contributed by atoms with E-state index in [0.717, 1.165) is 11.3 Å². The first kappa shape index (κ1) is 17.4. The second-order valence-electron chi connectivity index (χ2n) is 5.51. The fourth-order valence-corrected chi connectivity index (χ4v) is 3.13. The predicted molar refractivity (Wildman–Crippen MR) is 99.4 cm³/mol. The summed E-state index contributed by atoms with van der Waals surface area (Å²) in [6.45, 7) is 4.04. The van der Waals surface area contributed by atoms with E-state index in [1.165, 1.54) is 17.3 Å². The number of hydrogen-bond donors (Lipinski definition) is 1. The highest BCUT2D eigenvalue weighted by Crippen LogP contribution is 2.22. The lowest BCUT2D eigenvalue weighted by Crippen LogP contribution is -2.14. The zero-order chi connectivity index (χ0) is 17.8. The van der Waals surface area contributed by atoms with E-state index in [9.17, 15) is 4.79 Å². The summed E-state index contributed by atoms with van der Waals surface area (Å²) >= 11 is 7.11. The summed E-state index contributed by atoms with van der Waals surface area (Å²) in [6.07, 6.45) is 0. The fraction of sp³-hybridized carbons (Fsp3) is 0.176. The Morgan fingerprint density at radius 2 is 1.96 bits per heavy atom. The minimum Gasteiger partial charge on any atom is -0.325 e. The van der Waals surface area contributed by atoms with Crippen LogP contribution >= 0.6 is 23.4 Å². The van der Waals surface area contributed by atoms with Crippen molar-refractivity contribution in [1.29, 1.82) is 0 Å². The number of aromatic nitrogens is 4. The van der Waals surface area contributed by atoms with Crippen LogP contribution in [0.2, 0.25) is 5.02 Å². The third kappa shape index (κ3) is 4.37. The van der Waals surface area contributed by atoms with Gasteiger partial charge < -0.3 is 5.32 Å². The van der Waals surface area contributed by atoms with Gasteiger partial charge in [-0.1, -0.05) is 41.1 Å². The molecule has 3 rings (SSSR count). The molecule has 0 aliphatic rings. The van der Waals surface area contributed by atoms with Crippen LogP contribution in [0.25, 0.3) is 5.69 Å². The second-order valence-corrected chi connectivity index (χ2v) is 6.89. The van der Waals surface area contributed by atoms with Crippen molar-refractivity contribution < 1.29 is 4.79 Å². The molecule has 0 unspecified atom stereocenters. The number of carbonyl (C=O) groups is 1. The lowest BCUT2D eigenvalue weighted by Gasteiger charge is -2.08. The van der Waals surface area contributed by atoms with Gasteiger partial charge in [0.25, 0.3) is 0 Å². The molecule has 8 heteroatoms. The quantitative estimate of drug-likeness (QED) is 0.691. The van der Waals surface area contributed by atoms with E-state index in [1.807, 2.05) is 26.0 Å². The first-order valence-corrected chi connectivity index (χ1v) is 8.93. The van der Waals surface area contributed by atoms with Crippen LogP contribution in [0.1, 0.15) is 11.1 Å². The van der Waals surface area contributed by atoms with Crippen molar-refractivity contribution >= 4 is 35.0 Å². The highest BCUT2D eigenvalue weighted by Gasteiger charge is 2.13. The van der Waals surface area contributed by atoms with E-state index in [2.05, 4.69) is 26.9 Å². The highest BCUT2D eigenvalue weighted by molar-refractivity contribution is 7.99. The fourth-order valence-electron chi connectivity index (χ4n) is 2.32. The van der Waals surface area contributed by atoms with Gasteiger partial charge >= 0.3 is 0 Å². The van der Waals surface area contributed by atoms with Crippen molar-refractivity contribution in [3.63, 3.8) is 0 Å². The summed E-state index contributed by atoms with van der Waals surface area (Å²) in [7, 11) is 0. The van der Waals surface area contributed by atoms with Crippen LogP contribution in [0.4, 0.5) is 5.69 Å². The van der Waals surface area contributed by atoms with Gasteiger partial charge in [-0.05, 0) is 60.2 Å². The van der Waals surface area contributed by atoms with E-state index in [0.29, 0.717) is 15.9 Å². The third-order valence-electron chi connectivity index (χ3n) is 3.48. The molecule has 2 aromatic carbocycles. The Labute approximate surface area is 154 Å². The molecule has 3 aromatic rings. The molecule has 1 heterocycles. The van der Waals surface area contributed by atoms with Crippen LogP contribution in [0.15, 0.2) is 47.6 Å². The number of thioether (sulfide) groups is 1. The molecular weight excluding hydrogens is 358 g/mol. The Hall–Kier alpha value is -2.38. The van der Waals surface area contributed by atoms with E-state index < -0.39 is 0 Å². The Morgan fingerprint density at radius 3 is 2.68 bits per heavy atom. The smallest absolute Gasteiger partial charge is 0.234 e. The van der Waals surface area contributed by atoms with Crippen LogP contribution in [0.3, 0.4) is 0 Å². The number of tetrazole rings is 1. The van der Waals surface area contributed by atoms with Crippen molar-refractivity contribution in [3.05, 3.63) is 58.6 Å². The number of anilines is 1. The number of halogens is 1. The summed E-state index contributed by atoms with van der Waals surface area (Å²) in [4.78, 5) is 12.1. The lowest BCUT2D eigenvalue weighted by molar-refractivity contribution is -0.113. The van der Waals surface area contributed by atoms with Gasteiger partial charge in [-0.3, -0.25) is 4.79 Å². The average Bonchev–Trinajstić information content (AvgIpc) is 3.03. The zero-order valence-electron chi connectivity index (χ0n) is 13.7. The Bertz CT molecular complexity index is 894. The molecule has 0 spiro atoms. The van der Waals surface area contributed by atoms with Crippen molar-refractivity contribution in [2.24, 2.45) is 0 Å². The minimum atomic E-state index is -0.137. The standard InChI is InChI=1S/C17H16ClN5OS/c1-11-3-8-15(12(2)9-11)23-17(20-21-22-23)25-10-16(24)19-14-6-4-13(18)5-7-14/h3-9H,10H2,1-2H3,(H,19,24). The maximum atomic E-state index is 12.1. The number of hydrogen-bond acceptors (Lipinski definition) is 5. The van der Waals surface area contributed by atoms with Gasteiger partial charge in [0.15, 0.2) is 0 Å². The Balaban J connectivity index is 1.67. The SMILES string of the molecule is Cc1ccc(-n2nnnc2SCC(=O)Nc2ccc(Cl)cc2)c(C)c1. The monoisotopic (exact) mass is 373 g/mol. The van der Waals surface area contributed by atoms with E-state index in [4.69, 9.17) is 11.6 Å². The maximum absolute atomic E-state index is 12.1. The molecule has 0 aliphatic carbocycles. The second kappa shape index (κ2) is 7.67. The molecule has 0 aliphatic heterocycles. The van der Waals surface area contributed by atoms with Crippen LogP contribution in [-0.4, -0.2) is 31.9 Å². The van der Waals surface area contributed by atoms with Gasteiger partial charge in [-0.2, -0.15) is 4.68 Å². The maximum Gasteiger partial charge on any atom is 0.234 e. The van der Waals surface area contributed by atoms with Crippen molar-refractivity contribution in [2.45, 2.75) is 19.0 Å². The highest BCUT2D eigenvalue weighted by atomic mass is 35.5. The molecular formula is C17H16ClN5OS. The Kier molecular flexibility index (Phi) is 5.35. The number of nitrogens with one attached hydrogen (secondary N) is 1. The van der Waals surface area contributed by atoms with Gasteiger partial charge in [0.2, 0.25) is 11.1 Å². The van der Waals surface area contributed by atoms with Gasteiger partial charge in [-0.15, -0.1) is 5.10 Å². The first-order valence-electron chi connectivity index (χ1n) is 7.57. The number of rotatable bonds is 5. The molecule has 0 atom stereocenters. The molecule has 1 amide bonds. The molecule has 25 heavy (non-hydrogen) atoms. The van der Waals surface area contributed by atoms with Crippen molar-refractivity contribution in [2.75, 3.05) is 11.1 Å². The zero-order valence-corrected chi connectivity index (χ0v) is 15.3. The molecule has 0 fully saturated rings. The molecule has 1 N–H and O–H groups in total. The number of benzene rings is 2. The Morgan fingerprint density at radius 1 is 1.20 bits per heavy atom. The molecule has 128 valence electrons. The van der Waals surface area contributed by atoms with Crippen molar-refractivity contribution in [1.82, 2.24) is 20.2 Å². The summed E-state index contributed by atoms with van der Waals surface area (Å²) in [5.41, 5.74) is 3.84. The van der Waals surface area contributed by atoms with Gasteiger partial charge in [0, 0.05) is 10.7 Å². The third-order valence-corrected chi connectivity index (χ3v) is 4.65. The predicted octanol–water partition coefficient (Wildman–Crippen LogP) is 3.66. The summed E-state index contributed by atoms with van der Waals surface area (Å²) in [5, 5.41) is 15.8. The minimum absolute atomic E-state index is 0.137. The summed E-state index contributed by atoms with van der Waals surface area (Å²) in [5.74, 6) is 0.0657. The lowest BCUT2D eigenvalue weighted by atomic mass is 10.1. The number of carbonyl (C=O) groups excluding carboxylic acids is 1. The van der Waals surface area contributed by atoms with E-state index in [-0.39, 0.29) is 11.7 Å². The van der Waals surface area contributed by atoms with E-state index >= 15 is 0 Å². The first-order chi connectivity index (χ1) is 12.0. The normalized spacial score (nSPS) is 10.7. The molecule has 0 saturated carbocycles. The van der Waals surface area contributed by atoms with Crippen LogP contribution in [-0.2, 0) is 4.79 Å². The van der Waals surface area contributed by atoms with Crippen LogP contribution in [0.5, 0.6) is 0 Å². The molecule has 1 aromatic heterocycles. The molecule has 0 radical (unpaired) electrons. The number of amides is 1. The molecule has 6 nitrogen and oxygen atoms in total. The van der Waals surface area contributed by atoms with Gasteiger partial charge in [0.1, 0.15) is 0 Å². The van der Waals surface area contributed by atoms with E-state index in [1.54, 1.807) is 28.9 Å². The topological polar surface area (TPSA) is 72.7 Å². The largest absolute Gasteiger partial charge is 0.325 e. The van der Waals surface area contributed by atoms with Crippen LogP contribution < -0.4 is 5.32 Å². The number of aryl methyl sites for hydroxylation is 2. The molecule has 0 bridgehead atoms. The van der Waals surface area contributed by atoms with Crippen molar-refractivity contribution in [3.8, 4) is 5.69 Å². The summed E-state index contributed by atoms with van der Waals surface area (Å²) in [6, 6.07) is 13.0. The van der Waals surface area contributed by atoms with Gasteiger partial charge in [0.05, 0.1) is 11.4 Å². The van der Waals surface area contributed by atoms with Crippen LogP contribution in [0, 0.1) is 13.8 Å².